The van der Waals surface area contributed by atoms with Crippen molar-refractivity contribution in [2.75, 3.05) is 6.61 Å². The summed E-state index contributed by atoms with van der Waals surface area (Å²) in [7, 11) is 0. The maximum atomic E-state index is 13.2. The molecule has 0 heterocycles. The van der Waals surface area contributed by atoms with Gasteiger partial charge in [0.1, 0.15) is 6.61 Å². The second-order valence-corrected chi connectivity index (χ2v) is 5.93. The van der Waals surface area contributed by atoms with Crippen molar-refractivity contribution in [2.24, 2.45) is 5.10 Å². The van der Waals surface area contributed by atoms with Crippen LogP contribution in [0.1, 0.15) is 18.1 Å². The van der Waals surface area contributed by atoms with Crippen molar-refractivity contribution in [2.45, 2.75) is 31.7 Å². The van der Waals surface area contributed by atoms with E-state index >= 15 is 0 Å². The Morgan fingerprint density at radius 1 is 0.900 bits per heavy atom. The third-order valence-corrected chi connectivity index (χ3v) is 3.67. The van der Waals surface area contributed by atoms with Crippen LogP contribution in [0.3, 0.4) is 0 Å². The molecule has 0 saturated carbocycles. The van der Waals surface area contributed by atoms with E-state index in [0.717, 1.165) is 5.56 Å². The maximum absolute atomic E-state index is 13.2. The highest BCUT2D eigenvalue weighted by Gasteiger charge is 2.73. The van der Waals surface area contributed by atoms with E-state index in [1.807, 2.05) is 30.3 Å². The molecule has 0 bridgehead atoms. The van der Waals surface area contributed by atoms with Gasteiger partial charge < -0.3 is 9.47 Å². The molecule has 2 rings (SSSR count). The Morgan fingerprint density at radius 3 is 2.17 bits per heavy atom. The standard InChI is InChI=1S/C19H17F7N2O2/c1-2-29-16-10-14(8-9-15(16)30-12-13-6-4-3-5-7-13)11-27-28-19(25,26)17(20,21)18(22,23)24/h3-11,28H,2,12H2,1H3/b27-11+. The fraction of sp³-hybridized carbons (Fsp3) is 0.316. The molecule has 0 saturated heterocycles. The van der Waals surface area contributed by atoms with Crippen LogP contribution >= 0.6 is 0 Å². The van der Waals surface area contributed by atoms with Crippen molar-refractivity contribution in [1.29, 1.82) is 0 Å². The van der Waals surface area contributed by atoms with Gasteiger partial charge >= 0.3 is 18.1 Å². The largest absolute Gasteiger partial charge is 0.490 e. The zero-order valence-electron chi connectivity index (χ0n) is 15.5. The Bertz CT molecular complexity index is 856. The Hall–Kier alpha value is -2.98. The van der Waals surface area contributed by atoms with E-state index in [1.54, 1.807) is 6.92 Å². The predicted molar refractivity (Wildman–Crippen MR) is 95.1 cm³/mol. The summed E-state index contributed by atoms with van der Waals surface area (Å²) < 4.78 is 99.4. The monoisotopic (exact) mass is 438 g/mol. The molecule has 0 atom stereocenters. The molecule has 30 heavy (non-hydrogen) atoms. The second-order valence-electron chi connectivity index (χ2n) is 5.93. The summed E-state index contributed by atoms with van der Waals surface area (Å²) >= 11 is 0. The highest BCUT2D eigenvalue weighted by atomic mass is 19.4. The number of halogens is 7. The quantitative estimate of drug-likeness (QED) is 0.248. The lowest BCUT2D eigenvalue weighted by Gasteiger charge is -2.27. The zero-order chi connectivity index (χ0) is 22.4. The van der Waals surface area contributed by atoms with Gasteiger partial charge in [0.05, 0.1) is 12.8 Å². The number of hydrogen-bond acceptors (Lipinski definition) is 4. The fourth-order valence-corrected chi connectivity index (χ4v) is 2.16. The van der Waals surface area contributed by atoms with E-state index in [0.29, 0.717) is 17.4 Å². The topological polar surface area (TPSA) is 42.8 Å². The lowest BCUT2D eigenvalue weighted by atomic mass is 10.2. The van der Waals surface area contributed by atoms with E-state index in [2.05, 4.69) is 5.10 Å². The molecular formula is C19H17F7N2O2. The molecule has 2 aromatic carbocycles. The summed E-state index contributed by atoms with van der Waals surface area (Å²) in [5, 5.41) is 2.82. The number of hydrazone groups is 1. The first-order valence-corrected chi connectivity index (χ1v) is 8.54. The van der Waals surface area contributed by atoms with Crippen LogP contribution in [0.5, 0.6) is 11.5 Å². The molecule has 0 spiro atoms. The first kappa shape index (κ1) is 23.3. The molecule has 0 amide bonds. The number of benzene rings is 2. The van der Waals surface area contributed by atoms with Gasteiger partial charge in [-0.1, -0.05) is 30.3 Å². The van der Waals surface area contributed by atoms with Crippen LogP contribution in [0.15, 0.2) is 53.6 Å². The zero-order valence-corrected chi connectivity index (χ0v) is 15.5. The van der Waals surface area contributed by atoms with Gasteiger partial charge in [0, 0.05) is 0 Å². The smallest absolute Gasteiger partial charge is 0.462 e. The lowest BCUT2D eigenvalue weighted by Crippen LogP contribution is -2.58. The number of ether oxygens (including phenoxy) is 2. The molecule has 2 aromatic rings. The molecule has 0 aliphatic carbocycles. The Labute approximate surface area is 167 Å². The van der Waals surface area contributed by atoms with Crippen molar-refractivity contribution >= 4 is 6.21 Å². The molecule has 0 radical (unpaired) electrons. The van der Waals surface area contributed by atoms with E-state index in [1.165, 1.54) is 18.2 Å². The number of nitrogens with one attached hydrogen (secondary N) is 1. The number of alkyl halides is 7. The van der Waals surface area contributed by atoms with E-state index in [-0.39, 0.29) is 24.5 Å². The summed E-state index contributed by atoms with van der Waals surface area (Å²) in [6, 6.07) is 7.61. The molecule has 0 aliphatic rings. The number of rotatable bonds is 9. The number of hydrogen-bond donors (Lipinski definition) is 1. The minimum atomic E-state index is -6.45. The fourth-order valence-electron chi connectivity index (χ4n) is 2.16. The van der Waals surface area contributed by atoms with Crippen molar-refractivity contribution in [3.63, 3.8) is 0 Å². The van der Waals surface area contributed by atoms with Crippen molar-refractivity contribution in [3.05, 3.63) is 59.7 Å². The van der Waals surface area contributed by atoms with Crippen LogP contribution in [0.25, 0.3) is 0 Å². The van der Waals surface area contributed by atoms with Crippen LogP contribution in [-0.2, 0) is 6.61 Å². The first-order valence-electron chi connectivity index (χ1n) is 8.54. The van der Waals surface area contributed by atoms with Crippen LogP contribution in [0.4, 0.5) is 30.7 Å². The highest BCUT2D eigenvalue weighted by molar-refractivity contribution is 5.80. The van der Waals surface area contributed by atoms with Crippen molar-refractivity contribution in [1.82, 2.24) is 5.43 Å². The summed E-state index contributed by atoms with van der Waals surface area (Å²) in [4.78, 5) is 0. The lowest BCUT2D eigenvalue weighted by molar-refractivity contribution is -0.361. The molecule has 0 aromatic heterocycles. The van der Waals surface area contributed by atoms with Crippen molar-refractivity contribution in [3.8, 4) is 11.5 Å². The highest BCUT2D eigenvalue weighted by Crippen LogP contribution is 2.45. The second kappa shape index (κ2) is 9.23. The minimum absolute atomic E-state index is 0.101. The summed E-state index contributed by atoms with van der Waals surface area (Å²) in [6.07, 6.45) is -5.79. The first-order chi connectivity index (χ1) is 14.0. The minimum Gasteiger partial charge on any atom is -0.490 e. The van der Waals surface area contributed by atoms with Gasteiger partial charge in [-0.05, 0) is 36.2 Å². The molecule has 0 aliphatic heterocycles. The summed E-state index contributed by atoms with van der Waals surface area (Å²) in [5.41, 5.74) is 1.54. The van der Waals surface area contributed by atoms with Crippen LogP contribution < -0.4 is 14.9 Å². The van der Waals surface area contributed by atoms with Gasteiger partial charge in [-0.2, -0.15) is 35.8 Å². The molecule has 164 valence electrons. The molecule has 4 nitrogen and oxygen atoms in total. The van der Waals surface area contributed by atoms with E-state index in [4.69, 9.17) is 9.47 Å². The molecule has 0 unspecified atom stereocenters. The maximum Gasteiger partial charge on any atom is 0.462 e. The van der Waals surface area contributed by atoms with E-state index < -0.39 is 18.1 Å². The molecular weight excluding hydrogens is 421 g/mol. The Balaban J connectivity index is 2.11. The van der Waals surface area contributed by atoms with Gasteiger partial charge in [0.25, 0.3) is 0 Å². The van der Waals surface area contributed by atoms with Gasteiger partial charge in [0.15, 0.2) is 11.5 Å². The normalized spacial score (nSPS) is 12.8. The number of nitrogens with zero attached hydrogens (tertiary/aromatic N) is 1. The average Bonchev–Trinajstić information content (AvgIpc) is 2.67. The van der Waals surface area contributed by atoms with Gasteiger partial charge in [0.2, 0.25) is 0 Å². The molecule has 1 N–H and O–H groups in total. The van der Waals surface area contributed by atoms with Crippen LogP contribution in [-0.4, -0.2) is 31.0 Å². The third kappa shape index (κ3) is 5.55. The van der Waals surface area contributed by atoms with Crippen molar-refractivity contribution < 1.29 is 40.2 Å². The SMILES string of the molecule is CCOc1cc(/C=N/NC(F)(F)C(F)(F)C(F)(F)F)ccc1OCc1ccccc1. The summed E-state index contributed by atoms with van der Waals surface area (Å²) in [5.74, 6) is -5.77. The van der Waals surface area contributed by atoms with Crippen LogP contribution in [0.2, 0.25) is 0 Å². The predicted octanol–water partition coefficient (Wildman–Crippen LogP) is 5.38. The molecule has 11 heteroatoms. The van der Waals surface area contributed by atoms with Gasteiger partial charge in [-0.3, -0.25) is 0 Å². The third-order valence-electron chi connectivity index (χ3n) is 3.67. The van der Waals surface area contributed by atoms with Gasteiger partial charge in [-0.25, -0.2) is 5.43 Å². The van der Waals surface area contributed by atoms with Crippen LogP contribution in [0, 0.1) is 0 Å². The Morgan fingerprint density at radius 2 is 1.57 bits per heavy atom. The summed E-state index contributed by atoms with van der Waals surface area (Å²) in [6.45, 7) is 2.13. The van der Waals surface area contributed by atoms with E-state index in [9.17, 15) is 30.7 Å². The van der Waals surface area contributed by atoms with Gasteiger partial charge in [-0.15, -0.1) is 0 Å². The Kier molecular flexibility index (Phi) is 7.16. The molecule has 0 fully saturated rings. The average molecular weight is 438 g/mol.